The third-order valence-electron chi connectivity index (χ3n) is 4.68. The highest BCUT2D eigenvalue weighted by molar-refractivity contribution is 5.83. The number of aromatic nitrogens is 6. The maximum absolute atomic E-state index is 13.7. The predicted octanol–water partition coefficient (Wildman–Crippen LogP) is 3.76. The van der Waals surface area contributed by atoms with Crippen LogP contribution in [0.5, 0.6) is 0 Å². The van der Waals surface area contributed by atoms with Crippen molar-refractivity contribution in [3.05, 3.63) is 72.7 Å². The van der Waals surface area contributed by atoms with Crippen molar-refractivity contribution in [1.29, 1.82) is 0 Å². The van der Waals surface area contributed by atoms with Crippen LogP contribution in [0, 0.1) is 5.82 Å². The number of hydrogen-bond acceptors (Lipinski definition) is 6. The molecule has 0 atom stereocenters. The van der Waals surface area contributed by atoms with Crippen LogP contribution in [0.4, 0.5) is 10.2 Å². The van der Waals surface area contributed by atoms with Crippen molar-refractivity contribution in [1.82, 2.24) is 29.9 Å². The molecule has 0 fully saturated rings. The number of imidazole rings is 1. The van der Waals surface area contributed by atoms with Gasteiger partial charge in [0.2, 0.25) is 0 Å². The topological polar surface area (TPSA) is 92.3 Å². The first-order valence-electron chi connectivity index (χ1n) is 9.16. The molecule has 0 saturated carbocycles. The minimum atomic E-state index is -0.307. The van der Waals surface area contributed by atoms with Gasteiger partial charge in [0.05, 0.1) is 23.2 Å². The van der Waals surface area contributed by atoms with E-state index in [2.05, 4.69) is 30.2 Å². The molecule has 4 aromatic heterocycles. The molecule has 0 amide bonds. The molecule has 4 heterocycles. The summed E-state index contributed by atoms with van der Waals surface area (Å²) < 4.78 is 13.7. The molecule has 5 rings (SSSR count). The van der Waals surface area contributed by atoms with Gasteiger partial charge in [-0.05, 0) is 42.3 Å². The van der Waals surface area contributed by atoms with Gasteiger partial charge in [0.25, 0.3) is 0 Å². The molecule has 2 N–H and O–H groups in total. The molecule has 0 aliphatic heterocycles. The van der Waals surface area contributed by atoms with Crippen molar-refractivity contribution in [2.75, 3.05) is 11.9 Å². The van der Waals surface area contributed by atoms with Crippen LogP contribution >= 0.6 is 0 Å². The molecule has 1 aromatic carbocycles. The number of fused-ring (bicyclic) bond motifs is 2. The molecule has 0 aliphatic rings. The number of benzene rings is 1. The Labute approximate surface area is 165 Å². The Bertz CT molecular complexity index is 1300. The van der Waals surface area contributed by atoms with Gasteiger partial charge in [-0.2, -0.15) is 0 Å². The van der Waals surface area contributed by atoms with Gasteiger partial charge in [0, 0.05) is 24.2 Å². The second-order valence-corrected chi connectivity index (χ2v) is 6.55. The number of halogens is 1. The number of pyridine rings is 2. The SMILES string of the molecule is Fc1ccc2cc(CCNc3ncnc4nc[nH]c34)c(-c3ccccn3)nc2c1. The van der Waals surface area contributed by atoms with Crippen LogP contribution in [-0.4, -0.2) is 36.4 Å². The third-order valence-corrected chi connectivity index (χ3v) is 4.68. The lowest BCUT2D eigenvalue weighted by atomic mass is 10.0. The molecule has 0 aliphatic carbocycles. The van der Waals surface area contributed by atoms with E-state index in [1.54, 1.807) is 18.6 Å². The lowest BCUT2D eigenvalue weighted by Gasteiger charge is -2.12. The first kappa shape index (κ1) is 17.2. The standard InChI is InChI=1S/C21H16FN7/c22-15-5-4-13-9-14(18(29-17(13)10-15)16-3-1-2-7-23-16)6-8-24-20-19-21(26-11-25-19)28-12-27-20/h1-5,7,9-12H,6,8H2,(H2,24,25,26,27,28). The van der Waals surface area contributed by atoms with Crippen LogP contribution in [-0.2, 0) is 6.42 Å². The molecule has 0 spiro atoms. The lowest BCUT2D eigenvalue weighted by molar-refractivity contribution is 0.629. The maximum atomic E-state index is 13.7. The minimum Gasteiger partial charge on any atom is -0.368 e. The molecular weight excluding hydrogens is 369 g/mol. The van der Waals surface area contributed by atoms with E-state index in [0.29, 0.717) is 29.9 Å². The lowest BCUT2D eigenvalue weighted by Crippen LogP contribution is -2.09. The maximum Gasteiger partial charge on any atom is 0.182 e. The summed E-state index contributed by atoms with van der Waals surface area (Å²) in [7, 11) is 0. The number of nitrogens with one attached hydrogen (secondary N) is 2. The summed E-state index contributed by atoms with van der Waals surface area (Å²) in [6.45, 7) is 0.624. The van der Waals surface area contributed by atoms with Crippen molar-refractivity contribution in [3.63, 3.8) is 0 Å². The number of nitrogens with zero attached hydrogens (tertiary/aromatic N) is 5. The second-order valence-electron chi connectivity index (χ2n) is 6.55. The Kier molecular flexibility index (Phi) is 4.28. The molecule has 5 aromatic rings. The van der Waals surface area contributed by atoms with E-state index in [-0.39, 0.29) is 5.82 Å². The van der Waals surface area contributed by atoms with Crippen LogP contribution < -0.4 is 5.32 Å². The summed E-state index contributed by atoms with van der Waals surface area (Å²) in [5.74, 6) is 0.390. The van der Waals surface area contributed by atoms with Crippen LogP contribution in [0.3, 0.4) is 0 Å². The van der Waals surface area contributed by atoms with Crippen LogP contribution in [0.15, 0.2) is 61.3 Å². The average molecular weight is 385 g/mol. The van der Waals surface area contributed by atoms with Gasteiger partial charge in [0.15, 0.2) is 11.5 Å². The van der Waals surface area contributed by atoms with Crippen molar-refractivity contribution < 1.29 is 4.39 Å². The zero-order chi connectivity index (χ0) is 19.6. The normalized spacial score (nSPS) is 11.2. The Morgan fingerprint density at radius 3 is 2.86 bits per heavy atom. The largest absolute Gasteiger partial charge is 0.368 e. The molecule has 142 valence electrons. The molecular formula is C21H16FN7. The highest BCUT2D eigenvalue weighted by Crippen LogP contribution is 2.25. The second kappa shape index (κ2) is 7.23. The number of hydrogen-bond donors (Lipinski definition) is 2. The monoisotopic (exact) mass is 385 g/mol. The smallest absolute Gasteiger partial charge is 0.182 e. The van der Waals surface area contributed by atoms with E-state index in [1.807, 2.05) is 24.3 Å². The first-order valence-corrected chi connectivity index (χ1v) is 9.16. The van der Waals surface area contributed by atoms with E-state index in [9.17, 15) is 4.39 Å². The molecule has 8 heteroatoms. The van der Waals surface area contributed by atoms with E-state index in [4.69, 9.17) is 4.98 Å². The molecule has 7 nitrogen and oxygen atoms in total. The van der Waals surface area contributed by atoms with Crippen molar-refractivity contribution >= 4 is 27.9 Å². The van der Waals surface area contributed by atoms with Crippen LogP contribution in [0.25, 0.3) is 33.5 Å². The fourth-order valence-electron chi connectivity index (χ4n) is 3.31. The summed E-state index contributed by atoms with van der Waals surface area (Å²) in [5, 5.41) is 4.22. The van der Waals surface area contributed by atoms with Gasteiger partial charge in [-0.1, -0.05) is 6.07 Å². The first-order chi connectivity index (χ1) is 14.3. The molecule has 0 bridgehead atoms. The van der Waals surface area contributed by atoms with E-state index < -0.39 is 0 Å². The van der Waals surface area contributed by atoms with Gasteiger partial charge >= 0.3 is 0 Å². The Morgan fingerprint density at radius 2 is 1.97 bits per heavy atom. The Balaban J connectivity index is 1.48. The van der Waals surface area contributed by atoms with Crippen molar-refractivity contribution in [2.45, 2.75) is 6.42 Å². The predicted molar refractivity (Wildman–Crippen MR) is 109 cm³/mol. The van der Waals surface area contributed by atoms with Crippen molar-refractivity contribution in [2.24, 2.45) is 0 Å². The zero-order valence-corrected chi connectivity index (χ0v) is 15.3. The fraction of sp³-hybridized carbons (Fsp3) is 0.0952. The van der Waals surface area contributed by atoms with Gasteiger partial charge in [-0.3, -0.25) is 4.98 Å². The molecule has 29 heavy (non-hydrogen) atoms. The van der Waals surface area contributed by atoms with E-state index in [0.717, 1.165) is 27.9 Å². The third kappa shape index (κ3) is 3.36. The minimum absolute atomic E-state index is 0.307. The summed E-state index contributed by atoms with van der Waals surface area (Å²) in [4.78, 5) is 24.7. The highest BCUT2D eigenvalue weighted by Gasteiger charge is 2.12. The van der Waals surface area contributed by atoms with E-state index >= 15 is 0 Å². The summed E-state index contributed by atoms with van der Waals surface area (Å²) in [6, 6.07) is 12.4. The van der Waals surface area contributed by atoms with Gasteiger partial charge in [-0.25, -0.2) is 24.3 Å². The van der Waals surface area contributed by atoms with E-state index in [1.165, 1.54) is 18.5 Å². The quantitative estimate of drug-likeness (QED) is 0.479. The number of aromatic amines is 1. The summed E-state index contributed by atoms with van der Waals surface area (Å²) >= 11 is 0. The van der Waals surface area contributed by atoms with Gasteiger partial charge in [-0.15, -0.1) is 0 Å². The van der Waals surface area contributed by atoms with Gasteiger partial charge < -0.3 is 10.3 Å². The number of H-pyrrole nitrogens is 1. The number of anilines is 1. The molecule has 0 saturated heterocycles. The van der Waals surface area contributed by atoms with Crippen LogP contribution in [0.2, 0.25) is 0 Å². The highest BCUT2D eigenvalue weighted by atomic mass is 19.1. The summed E-state index contributed by atoms with van der Waals surface area (Å²) in [6.07, 6.45) is 5.49. The van der Waals surface area contributed by atoms with Crippen LogP contribution in [0.1, 0.15) is 5.56 Å². The Hall–Kier alpha value is -3.94. The average Bonchev–Trinajstić information content (AvgIpc) is 3.24. The fourth-order valence-corrected chi connectivity index (χ4v) is 3.31. The summed E-state index contributed by atoms with van der Waals surface area (Å²) in [5.41, 5.74) is 4.52. The van der Waals surface area contributed by atoms with Crippen molar-refractivity contribution in [3.8, 4) is 11.4 Å². The zero-order valence-electron chi connectivity index (χ0n) is 15.3. The molecule has 0 unspecified atom stereocenters. The Morgan fingerprint density at radius 1 is 1.00 bits per heavy atom. The number of rotatable bonds is 5. The molecule has 0 radical (unpaired) electrons. The van der Waals surface area contributed by atoms with Gasteiger partial charge in [0.1, 0.15) is 17.7 Å².